The minimum absolute atomic E-state index is 0.0690. The molecule has 0 atom stereocenters. The second-order valence-corrected chi connectivity index (χ2v) is 6.97. The molecule has 30 heavy (non-hydrogen) atoms. The normalized spacial score (nSPS) is 14.6. The van der Waals surface area contributed by atoms with E-state index in [1.807, 2.05) is 13.0 Å². The van der Waals surface area contributed by atoms with Gasteiger partial charge in [0.2, 0.25) is 0 Å². The Balaban J connectivity index is 1.55. The summed E-state index contributed by atoms with van der Waals surface area (Å²) in [5.41, 5.74) is -0.894. The lowest BCUT2D eigenvalue weighted by atomic mass is 10.2. The summed E-state index contributed by atoms with van der Waals surface area (Å²) in [6, 6.07) is 7.98. The van der Waals surface area contributed by atoms with Crippen LogP contribution in [-0.2, 0) is 11.0 Å². The molecule has 0 aliphatic carbocycles. The first kappa shape index (κ1) is 22.0. The van der Waals surface area contributed by atoms with E-state index in [0.717, 1.165) is 12.3 Å². The third kappa shape index (κ3) is 5.27. The fraction of sp³-hybridized carbons (Fsp3) is 0.400. The van der Waals surface area contributed by atoms with Crippen molar-refractivity contribution in [1.82, 2.24) is 9.88 Å². The van der Waals surface area contributed by atoms with E-state index in [0.29, 0.717) is 44.3 Å². The molecule has 2 heterocycles. The summed E-state index contributed by atoms with van der Waals surface area (Å²) in [6.07, 6.45) is -3.73. The Bertz CT molecular complexity index is 887. The molecule has 1 saturated heterocycles. The standard InChI is InChI=1S/C20H21ClF3N3O3/c1-2-29-16-5-3-4-6-17(16)30-13-18(28)26-7-9-27(10-8-26)19-15(21)11-14(12-25-19)20(22,23)24/h3-6,11-12H,2,7-10,13H2,1H3. The molecule has 10 heteroatoms. The number of benzene rings is 1. The average Bonchev–Trinajstić information content (AvgIpc) is 2.72. The Morgan fingerprint density at radius 1 is 1.13 bits per heavy atom. The van der Waals surface area contributed by atoms with Crippen LogP contribution in [0.4, 0.5) is 19.0 Å². The fourth-order valence-corrected chi connectivity index (χ4v) is 3.35. The molecule has 3 rings (SSSR count). The van der Waals surface area contributed by atoms with Gasteiger partial charge in [0.25, 0.3) is 5.91 Å². The van der Waals surface area contributed by atoms with E-state index >= 15 is 0 Å². The van der Waals surface area contributed by atoms with E-state index in [4.69, 9.17) is 21.1 Å². The first-order valence-corrected chi connectivity index (χ1v) is 9.77. The van der Waals surface area contributed by atoms with Gasteiger partial charge in [-0.25, -0.2) is 4.98 Å². The molecule has 0 saturated carbocycles. The highest BCUT2D eigenvalue weighted by atomic mass is 35.5. The van der Waals surface area contributed by atoms with Crippen molar-refractivity contribution in [1.29, 1.82) is 0 Å². The maximum absolute atomic E-state index is 12.8. The minimum atomic E-state index is -4.50. The average molecular weight is 444 g/mol. The molecular weight excluding hydrogens is 423 g/mol. The molecule has 162 valence electrons. The van der Waals surface area contributed by atoms with Gasteiger partial charge >= 0.3 is 6.18 Å². The number of aromatic nitrogens is 1. The minimum Gasteiger partial charge on any atom is -0.490 e. The third-order valence-electron chi connectivity index (χ3n) is 4.58. The van der Waals surface area contributed by atoms with Gasteiger partial charge in [-0.2, -0.15) is 13.2 Å². The van der Waals surface area contributed by atoms with Gasteiger partial charge < -0.3 is 19.3 Å². The summed E-state index contributed by atoms with van der Waals surface area (Å²) in [6.45, 7) is 3.78. The number of nitrogens with zero attached hydrogens (tertiary/aromatic N) is 3. The van der Waals surface area contributed by atoms with Crippen molar-refractivity contribution >= 4 is 23.3 Å². The number of carbonyl (C=O) groups is 1. The van der Waals surface area contributed by atoms with Crippen LogP contribution in [0.2, 0.25) is 5.02 Å². The van der Waals surface area contributed by atoms with Crippen LogP contribution in [-0.4, -0.2) is 55.2 Å². The Morgan fingerprint density at radius 3 is 2.33 bits per heavy atom. The maximum atomic E-state index is 12.8. The summed E-state index contributed by atoms with van der Waals surface area (Å²) in [7, 11) is 0. The van der Waals surface area contributed by atoms with Crippen LogP contribution in [0.25, 0.3) is 0 Å². The second kappa shape index (κ2) is 9.42. The zero-order valence-corrected chi connectivity index (χ0v) is 17.0. The molecule has 1 fully saturated rings. The highest BCUT2D eigenvalue weighted by molar-refractivity contribution is 6.33. The number of para-hydroxylation sites is 2. The topological polar surface area (TPSA) is 54.9 Å². The third-order valence-corrected chi connectivity index (χ3v) is 4.86. The number of rotatable bonds is 6. The van der Waals surface area contributed by atoms with Crippen LogP contribution in [0.3, 0.4) is 0 Å². The molecule has 0 unspecified atom stereocenters. The van der Waals surface area contributed by atoms with Gasteiger partial charge in [0, 0.05) is 32.4 Å². The van der Waals surface area contributed by atoms with E-state index in [1.54, 1.807) is 28.0 Å². The SMILES string of the molecule is CCOc1ccccc1OCC(=O)N1CCN(c2ncc(C(F)(F)F)cc2Cl)CC1. The number of hydrogen-bond donors (Lipinski definition) is 0. The van der Waals surface area contributed by atoms with Crippen LogP contribution in [0, 0.1) is 0 Å². The van der Waals surface area contributed by atoms with Crippen LogP contribution in [0.5, 0.6) is 11.5 Å². The van der Waals surface area contributed by atoms with E-state index in [-0.39, 0.29) is 23.4 Å². The van der Waals surface area contributed by atoms with Crippen LogP contribution in [0.1, 0.15) is 12.5 Å². The first-order valence-electron chi connectivity index (χ1n) is 9.39. The molecule has 0 N–H and O–H groups in total. The number of ether oxygens (including phenoxy) is 2. The Labute approximate surface area is 177 Å². The number of hydrogen-bond acceptors (Lipinski definition) is 5. The van der Waals surface area contributed by atoms with E-state index in [2.05, 4.69) is 4.98 Å². The summed E-state index contributed by atoms with van der Waals surface area (Å²) in [5, 5.41) is -0.0690. The predicted molar refractivity (Wildman–Crippen MR) is 106 cm³/mol. The molecular formula is C20H21ClF3N3O3. The first-order chi connectivity index (χ1) is 14.3. The monoisotopic (exact) mass is 443 g/mol. The molecule has 0 spiro atoms. The Morgan fingerprint density at radius 2 is 1.77 bits per heavy atom. The lowest BCUT2D eigenvalue weighted by molar-refractivity contribution is -0.138. The summed E-state index contributed by atoms with van der Waals surface area (Å²) in [5.74, 6) is 1.15. The zero-order chi connectivity index (χ0) is 21.7. The largest absolute Gasteiger partial charge is 0.490 e. The molecule has 1 amide bonds. The summed E-state index contributed by atoms with van der Waals surface area (Å²) < 4.78 is 49.4. The highest BCUT2D eigenvalue weighted by Gasteiger charge is 2.32. The van der Waals surface area contributed by atoms with Crippen LogP contribution < -0.4 is 14.4 Å². The van der Waals surface area contributed by atoms with Crippen molar-refractivity contribution in [3.05, 3.63) is 47.1 Å². The summed E-state index contributed by atoms with van der Waals surface area (Å²) >= 11 is 6.01. The van der Waals surface area contributed by atoms with Crippen molar-refractivity contribution in [3.8, 4) is 11.5 Å². The fourth-order valence-electron chi connectivity index (χ4n) is 3.06. The molecule has 1 aliphatic rings. The smallest absolute Gasteiger partial charge is 0.417 e. The molecule has 2 aromatic rings. The van der Waals surface area contributed by atoms with E-state index < -0.39 is 11.7 Å². The van der Waals surface area contributed by atoms with Gasteiger partial charge in [-0.15, -0.1) is 0 Å². The van der Waals surface area contributed by atoms with Crippen molar-refractivity contribution in [2.24, 2.45) is 0 Å². The lowest BCUT2D eigenvalue weighted by Crippen LogP contribution is -2.50. The second-order valence-electron chi connectivity index (χ2n) is 6.56. The van der Waals surface area contributed by atoms with Gasteiger partial charge in [-0.1, -0.05) is 23.7 Å². The number of amides is 1. The zero-order valence-electron chi connectivity index (χ0n) is 16.3. The number of carbonyl (C=O) groups excluding carboxylic acids is 1. The Hall–Kier alpha value is -2.68. The molecule has 0 bridgehead atoms. The van der Waals surface area contributed by atoms with Gasteiger partial charge in [-0.3, -0.25) is 4.79 Å². The molecule has 1 aromatic carbocycles. The van der Waals surface area contributed by atoms with Crippen LogP contribution >= 0.6 is 11.6 Å². The molecule has 6 nitrogen and oxygen atoms in total. The number of piperazine rings is 1. The predicted octanol–water partition coefficient (Wildman–Crippen LogP) is 3.88. The quantitative estimate of drug-likeness (QED) is 0.678. The van der Waals surface area contributed by atoms with Crippen molar-refractivity contribution in [2.45, 2.75) is 13.1 Å². The van der Waals surface area contributed by atoms with Crippen LogP contribution in [0.15, 0.2) is 36.5 Å². The van der Waals surface area contributed by atoms with E-state index in [9.17, 15) is 18.0 Å². The number of pyridine rings is 1. The maximum Gasteiger partial charge on any atom is 0.417 e. The number of anilines is 1. The highest BCUT2D eigenvalue weighted by Crippen LogP contribution is 2.33. The van der Waals surface area contributed by atoms with E-state index in [1.165, 1.54) is 0 Å². The lowest BCUT2D eigenvalue weighted by Gasteiger charge is -2.35. The number of halogens is 4. The molecule has 1 aromatic heterocycles. The van der Waals surface area contributed by atoms with Gasteiger partial charge in [0.15, 0.2) is 18.1 Å². The molecule has 1 aliphatic heterocycles. The van der Waals surface area contributed by atoms with Crippen molar-refractivity contribution in [2.75, 3.05) is 44.3 Å². The summed E-state index contributed by atoms with van der Waals surface area (Å²) in [4.78, 5) is 19.8. The number of alkyl halides is 3. The Kier molecular flexibility index (Phi) is 6.91. The van der Waals surface area contributed by atoms with Gasteiger partial charge in [-0.05, 0) is 25.1 Å². The van der Waals surface area contributed by atoms with Gasteiger partial charge in [0.1, 0.15) is 5.82 Å². The molecule has 0 radical (unpaired) electrons. The van der Waals surface area contributed by atoms with Gasteiger partial charge in [0.05, 0.1) is 17.2 Å². The van der Waals surface area contributed by atoms with Crippen molar-refractivity contribution in [3.63, 3.8) is 0 Å². The van der Waals surface area contributed by atoms with Crippen molar-refractivity contribution < 1.29 is 27.4 Å².